The Morgan fingerprint density at radius 3 is 2.31 bits per heavy atom. The quantitative estimate of drug-likeness (QED) is 0.340. The van der Waals surface area contributed by atoms with Gasteiger partial charge in [-0.3, -0.25) is 0 Å². The van der Waals surface area contributed by atoms with E-state index in [1.54, 1.807) is 31.2 Å². The van der Waals surface area contributed by atoms with E-state index < -0.39 is 30.8 Å². The van der Waals surface area contributed by atoms with Gasteiger partial charge in [-0.25, -0.2) is 9.59 Å². The third-order valence-electron chi connectivity index (χ3n) is 5.33. The molecule has 2 amide bonds. The molecular weight excluding hydrogens is 477 g/mol. The number of nitrogens with zero attached hydrogens (tertiary/aromatic N) is 1. The van der Waals surface area contributed by atoms with Crippen LogP contribution in [0.3, 0.4) is 0 Å². The second-order valence-electron chi connectivity index (χ2n) is 8.18. The van der Waals surface area contributed by atoms with Crippen molar-refractivity contribution in [3.05, 3.63) is 65.7 Å². The summed E-state index contributed by atoms with van der Waals surface area (Å²) in [5, 5.41) is 11.1. The number of aliphatic carboxylic acids is 1. The average Bonchev–Trinajstić information content (AvgIpc) is 2.84. The number of halogens is 3. The number of rotatable bonds is 15. The van der Waals surface area contributed by atoms with Gasteiger partial charge in [0.2, 0.25) is 0 Å². The molecule has 0 aliphatic carbocycles. The summed E-state index contributed by atoms with van der Waals surface area (Å²) in [6.07, 6.45) is -2.99. The predicted octanol–water partition coefficient (Wildman–Crippen LogP) is 4.69. The Kier molecular flexibility index (Phi) is 12.0. The number of hydrogen-bond donors (Lipinski definition) is 2. The Hall–Kier alpha value is -3.27. The minimum absolute atomic E-state index is 0.0914. The normalized spacial score (nSPS) is 12.1. The van der Waals surface area contributed by atoms with E-state index in [1.807, 2.05) is 35.6 Å². The van der Waals surface area contributed by atoms with Gasteiger partial charge >= 0.3 is 18.2 Å². The van der Waals surface area contributed by atoms with Gasteiger partial charge < -0.3 is 24.8 Å². The maximum Gasteiger partial charge on any atom is 0.405 e. The molecule has 0 spiro atoms. The van der Waals surface area contributed by atoms with Crippen LogP contribution in [-0.2, 0) is 22.4 Å². The highest BCUT2D eigenvalue weighted by atomic mass is 19.4. The number of hydrogen-bond acceptors (Lipinski definition) is 4. The van der Waals surface area contributed by atoms with E-state index in [1.165, 1.54) is 4.90 Å². The Balaban J connectivity index is 1.86. The number of unbranched alkanes of at least 4 members (excludes halogenated alkanes) is 1. The summed E-state index contributed by atoms with van der Waals surface area (Å²) < 4.78 is 48.5. The van der Waals surface area contributed by atoms with E-state index >= 15 is 0 Å². The summed E-state index contributed by atoms with van der Waals surface area (Å²) in [5.74, 6) is -0.536. The van der Waals surface area contributed by atoms with Crippen LogP contribution in [0, 0.1) is 0 Å². The SMILES string of the molecule is CCOC(Cc1ccc(OCCN(CCCCc2ccccc2)C(=O)NCC(F)(F)F)cc1)C(=O)O. The number of alkyl halides is 3. The fraction of sp³-hybridized carbons (Fsp3) is 0.462. The summed E-state index contributed by atoms with van der Waals surface area (Å²) in [4.78, 5) is 24.9. The van der Waals surface area contributed by atoms with Crippen LogP contribution < -0.4 is 10.1 Å². The molecule has 1 unspecified atom stereocenters. The number of aryl methyl sites for hydroxylation is 1. The van der Waals surface area contributed by atoms with E-state index in [4.69, 9.17) is 9.47 Å². The van der Waals surface area contributed by atoms with Gasteiger partial charge in [0.25, 0.3) is 0 Å². The van der Waals surface area contributed by atoms with Crippen LogP contribution in [-0.4, -0.2) is 67.1 Å². The van der Waals surface area contributed by atoms with Crippen molar-refractivity contribution in [2.24, 2.45) is 0 Å². The molecule has 0 aliphatic heterocycles. The molecule has 0 aliphatic rings. The molecule has 0 aromatic heterocycles. The minimum Gasteiger partial charge on any atom is -0.492 e. The zero-order valence-electron chi connectivity index (χ0n) is 20.3. The molecule has 0 radical (unpaired) electrons. The highest BCUT2D eigenvalue weighted by Gasteiger charge is 2.28. The molecule has 198 valence electrons. The molecule has 2 aromatic carbocycles. The second-order valence-corrected chi connectivity index (χ2v) is 8.18. The van der Waals surface area contributed by atoms with Crippen LogP contribution in [0.4, 0.5) is 18.0 Å². The van der Waals surface area contributed by atoms with E-state index in [0.29, 0.717) is 18.7 Å². The Morgan fingerprint density at radius 1 is 1.00 bits per heavy atom. The van der Waals surface area contributed by atoms with E-state index in [2.05, 4.69) is 0 Å². The van der Waals surface area contributed by atoms with Gasteiger partial charge in [0.15, 0.2) is 6.10 Å². The van der Waals surface area contributed by atoms with Crippen molar-refractivity contribution in [1.82, 2.24) is 10.2 Å². The first-order chi connectivity index (χ1) is 17.2. The molecule has 1 atom stereocenters. The van der Waals surface area contributed by atoms with E-state index in [0.717, 1.165) is 24.0 Å². The lowest BCUT2D eigenvalue weighted by molar-refractivity contribution is -0.150. The molecular formula is C26H33F3N2O5. The molecule has 2 aromatic rings. The number of carboxylic acids is 1. The van der Waals surface area contributed by atoms with Gasteiger partial charge in [0.1, 0.15) is 18.9 Å². The highest BCUT2D eigenvalue weighted by molar-refractivity contribution is 5.74. The van der Waals surface area contributed by atoms with Crippen molar-refractivity contribution in [1.29, 1.82) is 0 Å². The molecule has 2 N–H and O–H groups in total. The number of carboxylic acid groups (broad SMARTS) is 1. The monoisotopic (exact) mass is 510 g/mol. The van der Waals surface area contributed by atoms with Crippen molar-refractivity contribution >= 4 is 12.0 Å². The van der Waals surface area contributed by atoms with Crippen molar-refractivity contribution in [3.63, 3.8) is 0 Å². The van der Waals surface area contributed by atoms with Crippen molar-refractivity contribution in [2.75, 3.05) is 32.8 Å². The molecule has 0 heterocycles. The fourth-order valence-electron chi connectivity index (χ4n) is 3.51. The van der Waals surface area contributed by atoms with Crippen molar-refractivity contribution < 1.29 is 37.3 Å². The summed E-state index contributed by atoms with van der Waals surface area (Å²) in [5.41, 5.74) is 1.92. The van der Waals surface area contributed by atoms with E-state index in [-0.39, 0.29) is 26.2 Å². The number of nitrogens with one attached hydrogen (secondary N) is 1. The molecule has 0 fully saturated rings. The van der Waals surface area contributed by atoms with Crippen LogP contribution >= 0.6 is 0 Å². The molecule has 7 nitrogen and oxygen atoms in total. The summed E-state index contributed by atoms with van der Waals surface area (Å²) in [7, 11) is 0. The number of carbonyl (C=O) groups is 2. The van der Waals surface area contributed by atoms with Gasteiger partial charge in [-0.2, -0.15) is 13.2 Å². The van der Waals surface area contributed by atoms with Crippen LogP contribution in [0.15, 0.2) is 54.6 Å². The number of urea groups is 1. The first-order valence-corrected chi connectivity index (χ1v) is 11.9. The zero-order chi connectivity index (χ0) is 26.4. The van der Waals surface area contributed by atoms with Crippen LogP contribution in [0.1, 0.15) is 30.9 Å². The van der Waals surface area contributed by atoms with Crippen molar-refractivity contribution in [3.8, 4) is 5.75 Å². The molecule has 36 heavy (non-hydrogen) atoms. The second kappa shape index (κ2) is 15.0. The fourth-order valence-corrected chi connectivity index (χ4v) is 3.51. The first kappa shape index (κ1) is 29.0. The standard InChI is InChI=1S/C26H33F3N2O5/c1-2-35-23(24(32)33)18-21-11-13-22(14-12-21)36-17-16-31(25(34)30-19-26(27,28)29)15-7-6-10-20-8-4-3-5-9-20/h3-5,8-9,11-14,23H,2,6-7,10,15-19H2,1H3,(H,30,34)(H,32,33). The predicted molar refractivity (Wildman–Crippen MR) is 129 cm³/mol. The summed E-state index contributed by atoms with van der Waals surface area (Å²) >= 11 is 0. The van der Waals surface area contributed by atoms with Gasteiger partial charge in [0.05, 0.1) is 6.54 Å². The summed E-state index contributed by atoms with van der Waals surface area (Å²) in [6.45, 7) is 1.12. The Labute approximate surface area is 209 Å². The largest absolute Gasteiger partial charge is 0.492 e. The Morgan fingerprint density at radius 2 is 1.69 bits per heavy atom. The lowest BCUT2D eigenvalue weighted by atomic mass is 10.1. The van der Waals surface area contributed by atoms with Crippen LogP contribution in [0.2, 0.25) is 0 Å². The molecule has 0 saturated heterocycles. The molecule has 0 bridgehead atoms. The van der Waals surface area contributed by atoms with Crippen LogP contribution in [0.25, 0.3) is 0 Å². The third kappa shape index (κ3) is 11.4. The molecule has 2 rings (SSSR count). The molecule has 0 saturated carbocycles. The lowest BCUT2D eigenvalue weighted by Crippen LogP contribution is -2.45. The van der Waals surface area contributed by atoms with E-state index in [9.17, 15) is 27.9 Å². The number of ether oxygens (including phenoxy) is 2. The number of benzene rings is 2. The smallest absolute Gasteiger partial charge is 0.405 e. The summed E-state index contributed by atoms with van der Waals surface area (Å²) in [6, 6.07) is 15.8. The lowest BCUT2D eigenvalue weighted by Gasteiger charge is -2.23. The average molecular weight is 511 g/mol. The minimum atomic E-state index is -4.49. The van der Waals surface area contributed by atoms with Crippen LogP contribution in [0.5, 0.6) is 5.75 Å². The number of carbonyl (C=O) groups excluding carboxylic acids is 1. The number of amides is 2. The van der Waals surface area contributed by atoms with Gasteiger partial charge in [-0.05, 0) is 49.4 Å². The topological polar surface area (TPSA) is 88.1 Å². The van der Waals surface area contributed by atoms with Gasteiger partial charge in [0, 0.05) is 19.6 Å². The third-order valence-corrected chi connectivity index (χ3v) is 5.33. The first-order valence-electron chi connectivity index (χ1n) is 11.9. The zero-order valence-corrected chi connectivity index (χ0v) is 20.3. The maximum absolute atomic E-state index is 12.5. The van der Waals surface area contributed by atoms with Gasteiger partial charge in [-0.1, -0.05) is 42.5 Å². The highest BCUT2D eigenvalue weighted by Crippen LogP contribution is 2.15. The Bertz CT molecular complexity index is 923. The molecule has 10 heteroatoms. The van der Waals surface area contributed by atoms with Crippen molar-refractivity contribution in [2.45, 2.75) is 44.9 Å². The maximum atomic E-state index is 12.5. The van der Waals surface area contributed by atoms with Gasteiger partial charge in [-0.15, -0.1) is 0 Å².